The zero-order valence-electron chi connectivity index (χ0n) is 9.71. The smallest absolute Gasteiger partial charge is 0.164 e. The summed E-state index contributed by atoms with van der Waals surface area (Å²) in [6.07, 6.45) is 3.35. The van der Waals surface area contributed by atoms with Crippen molar-refractivity contribution < 1.29 is 14.2 Å². The zero-order chi connectivity index (χ0) is 12.1. The highest BCUT2D eigenvalue weighted by molar-refractivity contribution is 5.46. The van der Waals surface area contributed by atoms with Crippen LogP contribution in [0.25, 0.3) is 0 Å². The molecule has 0 aliphatic heterocycles. The molecule has 1 aromatic heterocycles. The van der Waals surface area contributed by atoms with Crippen molar-refractivity contribution in [3.8, 4) is 23.0 Å². The predicted octanol–water partition coefficient (Wildman–Crippen LogP) is 2.89. The summed E-state index contributed by atoms with van der Waals surface area (Å²) in [5.41, 5.74) is 0. The minimum Gasteiger partial charge on any atom is -0.493 e. The molecular formula is C13H13NO3. The molecule has 0 aliphatic rings. The predicted molar refractivity (Wildman–Crippen MR) is 63.9 cm³/mol. The maximum atomic E-state index is 5.62. The zero-order valence-corrected chi connectivity index (χ0v) is 9.71. The summed E-state index contributed by atoms with van der Waals surface area (Å²) in [6.45, 7) is 0. The van der Waals surface area contributed by atoms with Gasteiger partial charge in [-0.15, -0.1) is 0 Å². The van der Waals surface area contributed by atoms with E-state index in [-0.39, 0.29) is 0 Å². The maximum absolute atomic E-state index is 5.62. The average molecular weight is 231 g/mol. The van der Waals surface area contributed by atoms with Gasteiger partial charge in [-0.1, -0.05) is 0 Å². The molecule has 88 valence electrons. The molecule has 2 rings (SSSR count). The fraction of sp³-hybridized carbons (Fsp3) is 0.154. The van der Waals surface area contributed by atoms with Crippen LogP contribution in [0.5, 0.6) is 23.0 Å². The second-order valence-corrected chi connectivity index (χ2v) is 3.31. The Labute approximate surface area is 99.8 Å². The molecule has 0 saturated heterocycles. The number of aromatic nitrogens is 1. The third kappa shape index (κ3) is 2.66. The van der Waals surface area contributed by atoms with Gasteiger partial charge in [-0.3, -0.25) is 4.98 Å². The van der Waals surface area contributed by atoms with Crippen LogP contribution in [0.3, 0.4) is 0 Å². The Morgan fingerprint density at radius 3 is 2.41 bits per heavy atom. The van der Waals surface area contributed by atoms with E-state index in [0.29, 0.717) is 23.0 Å². The summed E-state index contributed by atoms with van der Waals surface area (Å²) in [6, 6.07) is 9.03. The Kier molecular flexibility index (Phi) is 3.45. The quantitative estimate of drug-likeness (QED) is 0.811. The molecule has 0 fully saturated rings. The lowest BCUT2D eigenvalue weighted by Gasteiger charge is -2.10. The minimum atomic E-state index is 0.633. The van der Waals surface area contributed by atoms with Crippen LogP contribution in [0.1, 0.15) is 0 Å². The van der Waals surface area contributed by atoms with E-state index in [0.717, 1.165) is 0 Å². The topological polar surface area (TPSA) is 40.6 Å². The third-order valence-electron chi connectivity index (χ3n) is 2.23. The lowest BCUT2D eigenvalue weighted by Crippen LogP contribution is -1.91. The molecule has 0 unspecified atom stereocenters. The number of ether oxygens (including phenoxy) is 3. The molecule has 0 spiro atoms. The van der Waals surface area contributed by atoms with Gasteiger partial charge in [0.05, 0.1) is 20.4 Å². The first-order valence-corrected chi connectivity index (χ1v) is 5.13. The van der Waals surface area contributed by atoms with Crippen LogP contribution >= 0.6 is 0 Å². The molecule has 1 aromatic carbocycles. The van der Waals surface area contributed by atoms with Crippen molar-refractivity contribution in [3.05, 3.63) is 42.7 Å². The number of benzene rings is 1. The largest absolute Gasteiger partial charge is 0.493 e. The summed E-state index contributed by atoms with van der Waals surface area (Å²) < 4.78 is 16.0. The summed E-state index contributed by atoms with van der Waals surface area (Å²) >= 11 is 0. The van der Waals surface area contributed by atoms with E-state index < -0.39 is 0 Å². The number of pyridine rings is 1. The Bertz CT molecular complexity index is 485. The van der Waals surface area contributed by atoms with Crippen molar-refractivity contribution in [2.45, 2.75) is 0 Å². The molecule has 4 nitrogen and oxygen atoms in total. The lowest BCUT2D eigenvalue weighted by molar-refractivity contribution is 0.352. The van der Waals surface area contributed by atoms with E-state index in [1.807, 2.05) is 18.2 Å². The molecule has 0 N–H and O–H groups in total. The molecular weight excluding hydrogens is 218 g/mol. The van der Waals surface area contributed by atoms with Gasteiger partial charge in [-0.05, 0) is 24.3 Å². The van der Waals surface area contributed by atoms with Crippen LogP contribution in [-0.2, 0) is 0 Å². The number of nitrogens with zero attached hydrogens (tertiary/aromatic N) is 1. The van der Waals surface area contributed by atoms with Crippen LogP contribution in [-0.4, -0.2) is 19.2 Å². The monoisotopic (exact) mass is 231 g/mol. The number of hydrogen-bond donors (Lipinski definition) is 0. The van der Waals surface area contributed by atoms with Crippen LogP contribution in [0.2, 0.25) is 0 Å². The highest BCUT2D eigenvalue weighted by Gasteiger charge is 2.05. The number of rotatable bonds is 4. The van der Waals surface area contributed by atoms with Crippen molar-refractivity contribution in [1.82, 2.24) is 4.98 Å². The minimum absolute atomic E-state index is 0.633. The van der Waals surface area contributed by atoms with Gasteiger partial charge < -0.3 is 14.2 Å². The summed E-state index contributed by atoms with van der Waals surface area (Å²) in [4.78, 5) is 3.98. The molecule has 0 amide bonds. The molecule has 0 aliphatic carbocycles. The summed E-state index contributed by atoms with van der Waals surface area (Å²) in [7, 11) is 3.19. The van der Waals surface area contributed by atoms with Crippen molar-refractivity contribution >= 4 is 0 Å². The molecule has 0 atom stereocenters. The number of hydrogen-bond acceptors (Lipinski definition) is 4. The molecule has 0 bridgehead atoms. The van der Waals surface area contributed by atoms with Gasteiger partial charge in [0.2, 0.25) is 0 Å². The first-order chi connectivity index (χ1) is 8.33. The van der Waals surface area contributed by atoms with E-state index in [4.69, 9.17) is 14.2 Å². The van der Waals surface area contributed by atoms with E-state index >= 15 is 0 Å². The summed E-state index contributed by atoms with van der Waals surface area (Å²) in [5.74, 6) is 2.66. The Morgan fingerprint density at radius 1 is 0.941 bits per heavy atom. The Morgan fingerprint density at radius 2 is 1.76 bits per heavy atom. The van der Waals surface area contributed by atoms with Gasteiger partial charge in [-0.2, -0.15) is 0 Å². The molecule has 1 heterocycles. The lowest BCUT2D eigenvalue weighted by atomic mass is 10.3. The molecule has 0 radical (unpaired) electrons. The van der Waals surface area contributed by atoms with Crippen LogP contribution in [0.15, 0.2) is 42.7 Å². The fourth-order valence-electron chi connectivity index (χ4n) is 1.42. The maximum Gasteiger partial charge on any atom is 0.164 e. The van der Waals surface area contributed by atoms with Gasteiger partial charge in [0.1, 0.15) is 11.5 Å². The third-order valence-corrected chi connectivity index (χ3v) is 2.23. The average Bonchev–Trinajstić information content (AvgIpc) is 2.40. The highest BCUT2D eigenvalue weighted by atomic mass is 16.5. The SMILES string of the molecule is COc1ccc(Oc2cccnc2)cc1OC. The van der Waals surface area contributed by atoms with Crippen LogP contribution in [0, 0.1) is 0 Å². The van der Waals surface area contributed by atoms with Crippen LogP contribution in [0.4, 0.5) is 0 Å². The van der Waals surface area contributed by atoms with Gasteiger partial charge >= 0.3 is 0 Å². The van der Waals surface area contributed by atoms with Crippen molar-refractivity contribution in [3.63, 3.8) is 0 Å². The van der Waals surface area contributed by atoms with Gasteiger partial charge in [0, 0.05) is 12.3 Å². The number of methoxy groups -OCH3 is 2. The van der Waals surface area contributed by atoms with Gasteiger partial charge in [0.15, 0.2) is 11.5 Å². The fourth-order valence-corrected chi connectivity index (χ4v) is 1.42. The Hall–Kier alpha value is -2.23. The Balaban J connectivity index is 2.22. The first-order valence-electron chi connectivity index (χ1n) is 5.13. The standard InChI is InChI=1S/C13H13NO3/c1-15-12-6-5-10(8-13(12)16-2)17-11-4-3-7-14-9-11/h3-9H,1-2H3. The van der Waals surface area contributed by atoms with Crippen LogP contribution < -0.4 is 14.2 Å². The van der Waals surface area contributed by atoms with E-state index in [1.54, 1.807) is 38.7 Å². The van der Waals surface area contributed by atoms with E-state index in [9.17, 15) is 0 Å². The molecule has 2 aromatic rings. The normalized spacial score (nSPS) is 9.76. The van der Waals surface area contributed by atoms with Crippen molar-refractivity contribution in [2.24, 2.45) is 0 Å². The van der Waals surface area contributed by atoms with Crippen molar-refractivity contribution in [2.75, 3.05) is 14.2 Å². The van der Waals surface area contributed by atoms with Gasteiger partial charge in [-0.25, -0.2) is 0 Å². The molecule has 4 heteroatoms. The van der Waals surface area contributed by atoms with Gasteiger partial charge in [0.25, 0.3) is 0 Å². The van der Waals surface area contributed by atoms with Crippen molar-refractivity contribution in [1.29, 1.82) is 0 Å². The second kappa shape index (κ2) is 5.21. The highest BCUT2D eigenvalue weighted by Crippen LogP contribution is 2.32. The van der Waals surface area contributed by atoms with E-state index in [1.165, 1.54) is 0 Å². The first kappa shape index (κ1) is 11.3. The summed E-state index contributed by atoms with van der Waals surface area (Å²) in [5, 5.41) is 0. The molecule has 0 saturated carbocycles. The second-order valence-electron chi connectivity index (χ2n) is 3.31. The molecule has 17 heavy (non-hydrogen) atoms. The van der Waals surface area contributed by atoms with E-state index in [2.05, 4.69) is 4.98 Å².